The maximum absolute atomic E-state index is 12.9. The highest BCUT2D eigenvalue weighted by Crippen LogP contribution is 2.26. The second kappa shape index (κ2) is 9.13. The fraction of sp³-hybridized carbons (Fsp3) is 0.273. The van der Waals surface area contributed by atoms with E-state index < -0.39 is 0 Å². The van der Waals surface area contributed by atoms with E-state index in [1.165, 1.54) is 11.8 Å². The zero-order valence-electron chi connectivity index (χ0n) is 16.6. The van der Waals surface area contributed by atoms with E-state index in [1.54, 1.807) is 37.3 Å². The monoisotopic (exact) mass is 422 g/mol. The van der Waals surface area contributed by atoms with Crippen LogP contribution < -0.4 is 5.32 Å². The van der Waals surface area contributed by atoms with Gasteiger partial charge in [-0.3, -0.25) is 9.59 Å². The van der Waals surface area contributed by atoms with Gasteiger partial charge >= 0.3 is 0 Å². The summed E-state index contributed by atoms with van der Waals surface area (Å²) in [5, 5.41) is 6.80. The van der Waals surface area contributed by atoms with Gasteiger partial charge in [-0.05, 0) is 43.2 Å². The van der Waals surface area contributed by atoms with Gasteiger partial charge in [-0.25, -0.2) is 0 Å². The molecule has 0 atom stereocenters. The molecule has 1 saturated heterocycles. The Labute approximate surface area is 178 Å². The number of anilines is 1. The van der Waals surface area contributed by atoms with Gasteiger partial charge in [0.15, 0.2) is 5.82 Å². The highest BCUT2D eigenvalue weighted by Gasteiger charge is 2.20. The Kier molecular flexibility index (Phi) is 6.13. The third-order valence-electron chi connectivity index (χ3n) is 4.82. The standard InChI is InChI=1S/C22H22N4O3S/c1-15-23-20(25-29-15)14-30-19-10-3-2-9-18(19)21(27)24-17-8-6-7-16(13-17)22(28)26-11-4-5-12-26/h2-3,6-10,13H,4-5,11-12,14H2,1H3,(H,24,27). The number of amides is 2. The van der Waals surface area contributed by atoms with Crippen molar-refractivity contribution in [2.24, 2.45) is 0 Å². The first-order valence-electron chi connectivity index (χ1n) is 9.82. The second-order valence-electron chi connectivity index (χ2n) is 7.05. The largest absolute Gasteiger partial charge is 0.340 e. The molecule has 0 unspecified atom stereocenters. The summed E-state index contributed by atoms with van der Waals surface area (Å²) in [6.45, 7) is 3.32. The average molecular weight is 423 g/mol. The minimum Gasteiger partial charge on any atom is -0.340 e. The zero-order valence-corrected chi connectivity index (χ0v) is 17.4. The van der Waals surface area contributed by atoms with Gasteiger partial charge in [0.1, 0.15) is 0 Å². The summed E-state index contributed by atoms with van der Waals surface area (Å²) in [4.78, 5) is 32.4. The van der Waals surface area contributed by atoms with Crippen molar-refractivity contribution in [1.82, 2.24) is 15.0 Å². The van der Waals surface area contributed by atoms with E-state index in [9.17, 15) is 9.59 Å². The molecule has 30 heavy (non-hydrogen) atoms. The molecule has 0 spiro atoms. The highest BCUT2D eigenvalue weighted by molar-refractivity contribution is 7.98. The second-order valence-corrected chi connectivity index (χ2v) is 8.07. The summed E-state index contributed by atoms with van der Waals surface area (Å²) < 4.78 is 4.99. The smallest absolute Gasteiger partial charge is 0.256 e. The molecule has 4 rings (SSSR count). The molecule has 0 bridgehead atoms. The van der Waals surface area contributed by atoms with Crippen LogP contribution in [0.1, 0.15) is 45.3 Å². The summed E-state index contributed by atoms with van der Waals surface area (Å²) in [6.07, 6.45) is 2.08. The Morgan fingerprint density at radius 1 is 1.13 bits per heavy atom. The van der Waals surface area contributed by atoms with Crippen LogP contribution in [0.2, 0.25) is 0 Å². The summed E-state index contributed by atoms with van der Waals surface area (Å²) >= 11 is 1.47. The van der Waals surface area contributed by atoms with E-state index in [-0.39, 0.29) is 11.8 Å². The number of likely N-dealkylation sites (tertiary alicyclic amines) is 1. The number of hydrogen-bond acceptors (Lipinski definition) is 6. The van der Waals surface area contributed by atoms with Crippen molar-refractivity contribution < 1.29 is 14.1 Å². The number of nitrogens with zero attached hydrogens (tertiary/aromatic N) is 3. The van der Waals surface area contributed by atoms with Gasteiger partial charge in [0.25, 0.3) is 11.8 Å². The molecule has 1 aliphatic rings. The number of carbonyl (C=O) groups is 2. The molecule has 2 aromatic carbocycles. The lowest BCUT2D eigenvalue weighted by molar-refractivity contribution is 0.0792. The topological polar surface area (TPSA) is 88.3 Å². The molecular formula is C22H22N4O3S. The minimum absolute atomic E-state index is 0.00922. The van der Waals surface area contributed by atoms with Crippen molar-refractivity contribution in [2.45, 2.75) is 30.4 Å². The molecule has 8 heteroatoms. The summed E-state index contributed by atoms with van der Waals surface area (Å²) in [5.41, 5.74) is 1.74. The Balaban J connectivity index is 1.46. The van der Waals surface area contributed by atoms with Crippen LogP contribution in [0, 0.1) is 6.92 Å². The first kappa shape index (κ1) is 20.2. The van der Waals surface area contributed by atoms with Gasteiger partial charge in [0.05, 0.1) is 11.3 Å². The molecule has 1 aliphatic heterocycles. The Morgan fingerprint density at radius 2 is 1.93 bits per heavy atom. The third-order valence-corrected chi connectivity index (χ3v) is 5.89. The molecule has 0 saturated carbocycles. The SMILES string of the molecule is Cc1nc(CSc2ccccc2C(=O)Nc2cccc(C(=O)N3CCCC3)c2)no1. The number of benzene rings is 2. The Bertz CT molecular complexity index is 1060. The molecule has 0 aliphatic carbocycles. The average Bonchev–Trinajstić information content (AvgIpc) is 3.44. The highest BCUT2D eigenvalue weighted by atomic mass is 32.2. The maximum atomic E-state index is 12.9. The van der Waals surface area contributed by atoms with Crippen LogP contribution in [-0.4, -0.2) is 39.9 Å². The van der Waals surface area contributed by atoms with Crippen LogP contribution in [0.15, 0.2) is 57.9 Å². The van der Waals surface area contributed by atoms with E-state index in [0.29, 0.717) is 34.3 Å². The number of hydrogen-bond donors (Lipinski definition) is 1. The third kappa shape index (κ3) is 4.71. The number of thioether (sulfide) groups is 1. The zero-order chi connectivity index (χ0) is 20.9. The van der Waals surface area contributed by atoms with Crippen LogP contribution >= 0.6 is 11.8 Å². The first-order valence-corrected chi connectivity index (χ1v) is 10.8. The van der Waals surface area contributed by atoms with Gasteiger partial charge in [-0.2, -0.15) is 4.98 Å². The first-order chi connectivity index (χ1) is 14.6. The number of aromatic nitrogens is 2. The summed E-state index contributed by atoms with van der Waals surface area (Å²) in [5.74, 6) is 1.38. The van der Waals surface area contributed by atoms with E-state index in [4.69, 9.17) is 4.52 Å². The van der Waals surface area contributed by atoms with Crippen LogP contribution in [-0.2, 0) is 5.75 Å². The van der Waals surface area contributed by atoms with Crippen molar-refractivity contribution in [3.63, 3.8) is 0 Å². The van der Waals surface area contributed by atoms with Crippen LogP contribution in [0.5, 0.6) is 0 Å². The van der Waals surface area contributed by atoms with Crippen LogP contribution in [0.3, 0.4) is 0 Å². The van der Waals surface area contributed by atoms with Gasteiger partial charge in [-0.1, -0.05) is 23.4 Å². The molecule has 154 valence electrons. The fourth-order valence-electron chi connectivity index (χ4n) is 3.35. The number of rotatable bonds is 6. The van der Waals surface area contributed by atoms with Crippen molar-refractivity contribution in [3.8, 4) is 0 Å². The van der Waals surface area contributed by atoms with E-state index in [0.717, 1.165) is 30.8 Å². The molecule has 2 heterocycles. The molecule has 0 radical (unpaired) electrons. The van der Waals surface area contributed by atoms with Gasteiger partial charge in [-0.15, -0.1) is 11.8 Å². The van der Waals surface area contributed by atoms with Gasteiger partial charge < -0.3 is 14.7 Å². The van der Waals surface area contributed by atoms with Crippen molar-refractivity contribution in [1.29, 1.82) is 0 Å². The quantitative estimate of drug-likeness (QED) is 0.600. The predicted octanol–water partition coefficient (Wildman–Crippen LogP) is 4.16. The maximum Gasteiger partial charge on any atom is 0.256 e. The Morgan fingerprint density at radius 3 is 2.70 bits per heavy atom. The summed E-state index contributed by atoms with van der Waals surface area (Å²) in [6, 6.07) is 14.5. The lowest BCUT2D eigenvalue weighted by atomic mass is 10.1. The minimum atomic E-state index is -0.229. The van der Waals surface area contributed by atoms with Crippen LogP contribution in [0.4, 0.5) is 5.69 Å². The van der Waals surface area contributed by atoms with E-state index in [2.05, 4.69) is 15.5 Å². The van der Waals surface area contributed by atoms with Crippen molar-refractivity contribution in [3.05, 3.63) is 71.4 Å². The molecule has 1 aromatic heterocycles. The van der Waals surface area contributed by atoms with Crippen LogP contribution in [0.25, 0.3) is 0 Å². The predicted molar refractivity (Wildman–Crippen MR) is 115 cm³/mol. The lowest BCUT2D eigenvalue weighted by Crippen LogP contribution is -2.27. The van der Waals surface area contributed by atoms with Crippen molar-refractivity contribution in [2.75, 3.05) is 18.4 Å². The van der Waals surface area contributed by atoms with Crippen molar-refractivity contribution >= 4 is 29.3 Å². The van der Waals surface area contributed by atoms with Gasteiger partial charge in [0.2, 0.25) is 5.89 Å². The molecule has 1 N–H and O–H groups in total. The molecule has 3 aromatic rings. The lowest BCUT2D eigenvalue weighted by Gasteiger charge is -2.16. The molecule has 2 amide bonds. The summed E-state index contributed by atoms with van der Waals surface area (Å²) in [7, 11) is 0. The number of carbonyl (C=O) groups excluding carboxylic acids is 2. The fourth-order valence-corrected chi connectivity index (χ4v) is 4.25. The number of aryl methyl sites for hydroxylation is 1. The molecule has 7 nitrogen and oxygen atoms in total. The van der Waals surface area contributed by atoms with E-state index >= 15 is 0 Å². The Hall–Kier alpha value is -3.13. The van der Waals surface area contributed by atoms with E-state index in [1.807, 2.05) is 23.1 Å². The number of nitrogens with one attached hydrogen (secondary N) is 1. The molecule has 1 fully saturated rings. The normalized spacial score (nSPS) is 13.4. The molecular weight excluding hydrogens is 400 g/mol. The van der Waals surface area contributed by atoms with Gasteiger partial charge in [0, 0.05) is 36.2 Å².